The Morgan fingerprint density at radius 2 is 1.93 bits per heavy atom. The van der Waals surface area contributed by atoms with Crippen LogP contribution >= 0.6 is 0 Å². The fraction of sp³-hybridized carbons (Fsp3) is 0.435. The van der Waals surface area contributed by atoms with Crippen molar-refractivity contribution in [1.29, 1.82) is 0 Å². The Kier molecular flexibility index (Phi) is 6.29. The highest BCUT2D eigenvalue weighted by molar-refractivity contribution is 5.99. The molecule has 160 valence electrons. The molecule has 1 aromatic carbocycles. The number of amides is 2. The Bertz CT molecular complexity index is 908. The van der Waals surface area contributed by atoms with Gasteiger partial charge < -0.3 is 20.1 Å². The number of nitrogens with zero attached hydrogens (tertiary/aromatic N) is 1. The Hall–Kier alpha value is -3.09. The van der Waals surface area contributed by atoms with Crippen molar-refractivity contribution in [3.05, 3.63) is 48.2 Å². The van der Waals surface area contributed by atoms with Gasteiger partial charge in [0.2, 0.25) is 5.91 Å². The Balaban J connectivity index is 1.92. The maximum atomic E-state index is 12.8. The van der Waals surface area contributed by atoms with E-state index in [1.54, 1.807) is 27.0 Å². The Morgan fingerprint density at radius 3 is 2.57 bits per heavy atom. The van der Waals surface area contributed by atoms with Gasteiger partial charge in [0.15, 0.2) is 0 Å². The number of para-hydroxylation sites is 1. The van der Waals surface area contributed by atoms with Crippen LogP contribution in [-0.4, -0.2) is 28.6 Å². The minimum absolute atomic E-state index is 0.114. The molecule has 2 aromatic rings. The Morgan fingerprint density at radius 1 is 1.23 bits per heavy atom. The lowest BCUT2D eigenvalue weighted by molar-refractivity contribution is -0.119. The lowest BCUT2D eigenvalue weighted by atomic mass is 9.78. The van der Waals surface area contributed by atoms with Gasteiger partial charge in [0.05, 0.1) is 6.20 Å². The topological polar surface area (TPSA) is 89.5 Å². The summed E-state index contributed by atoms with van der Waals surface area (Å²) in [6.45, 7) is 9.46. The third-order valence-electron chi connectivity index (χ3n) is 5.04. The van der Waals surface area contributed by atoms with E-state index in [0.29, 0.717) is 17.3 Å². The number of anilines is 1. The van der Waals surface area contributed by atoms with Crippen LogP contribution in [0.15, 0.2) is 42.6 Å². The fourth-order valence-electron chi connectivity index (χ4n) is 3.52. The lowest BCUT2D eigenvalue weighted by Crippen LogP contribution is -2.52. The monoisotopic (exact) mass is 411 g/mol. The highest BCUT2D eigenvalue weighted by atomic mass is 16.6. The van der Waals surface area contributed by atoms with Crippen molar-refractivity contribution in [3.8, 4) is 11.5 Å². The van der Waals surface area contributed by atoms with Crippen molar-refractivity contribution in [2.45, 2.75) is 58.6 Å². The molecule has 0 spiro atoms. The molecule has 1 aliphatic heterocycles. The van der Waals surface area contributed by atoms with Crippen LogP contribution in [0.2, 0.25) is 0 Å². The summed E-state index contributed by atoms with van der Waals surface area (Å²) in [6.07, 6.45) is 1.79. The van der Waals surface area contributed by atoms with Crippen molar-refractivity contribution < 1.29 is 19.1 Å². The van der Waals surface area contributed by atoms with E-state index in [9.17, 15) is 9.59 Å². The van der Waals surface area contributed by atoms with E-state index in [2.05, 4.69) is 29.5 Å². The van der Waals surface area contributed by atoms with Gasteiger partial charge in [-0.3, -0.25) is 4.79 Å². The highest BCUT2D eigenvalue weighted by Crippen LogP contribution is 2.40. The number of benzene rings is 1. The number of carbonyl (C=O) groups excluding carboxylic acids is 2. The number of rotatable bonds is 5. The molecular formula is C23H29N3O4. The summed E-state index contributed by atoms with van der Waals surface area (Å²) < 4.78 is 11.3. The molecule has 2 unspecified atom stereocenters. The van der Waals surface area contributed by atoms with Crippen LogP contribution < -0.4 is 15.4 Å². The summed E-state index contributed by atoms with van der Waals surface area (Å²) in [5.41, 5.74) is 0.176. The number of nitrogens with one attached hydrogen (secondary N) is 2. The zero-order chi connectivity index (χ0) is 21.9. The third kappa shape index (κ3) is 5.09. The van der Waals surface area contributed by atoms with Gasteiger partial charge in [-0.15, -0.1) is 0 Å². The molecule has 2 amide bonds. The van der Waals surface area contributed by atoms with Gasteiger partial charge in [0, 0.05) is 11.5 Å². The predicted molar refractivity (Wildman–Crippen MR) is 115 cm³/mol. The second kappa shape index (κ2) is 8.73. The molecule has 1 aliphatic rings. The van der Waals surface area contributed by atoms with Crippen molar-refractivity contribution in [1.82, 2.24) is 10.3 Å². The standard InChI is InChI=1S/C23H29N3O4/c1-6-14(2)18-17-12-16(29-15-10-8-7-9-11-15)13-24-20(17)26-21(27)19(18)25-22(28)30-23(3,4)5/h7-14,18-19H,6H2,1-5H3,(H,25,28)(H,24,26,27)/t14?,18?,19-/m0/s1. The minimum atomic E-state index is -0.768. The van der Waals surface area contributed by atoms with Crippen LogP contribution in [0.5, 0.6) is 11.5 Å². The molecule has 7 heteroatoms. The van der Waals surface area contributed by atoms with E-state index in [4.69, 9.17) is 9.47 Å². The average Bonchev–Trinajstić information content (AvgIpc) is 2.67. The van der Waals surface area contributed by atoms with E-state index >= 15 is 0 Å². The summed E-state index contributed by atoms with van der Waals surface area (Å²) in [5, 5.41) is 5.56. The third-order valence-corrected chi connectivity index (χ3v) is 5.04. The van der Waals surface area contributed by atoms with Gasteiger partial charge in [-0.25, -0.2) is 9.78 Å². The molecule has 3 atom stereocenters. The molecule has 2 N–H and O–H groups in total. The molecule has 0 aliphatic carbocycles. The molecule has 2 heterocycles. The van der Waals surface area contributed by atoms with Crippen LogP contribution in [0, 0.1) is 5.92 Å². The van der Waals surface area contributed by atoms with E-state index in [1.165, 1.54) is 0 Å². The summed E-state index contributed by atoms with van der Waals surface area (Å²) in [6, 6.07) is 10.5. The summed E-state index contributed by atoms with van der Waals surface area (Å²) in [7, 11) is 0. The van der Waals surface area contributed by atoms with Crippen LogP contribution in [0.1, 0.15) is 52.5 Å². The summed E-state index contributed by atoms with van der Waals surface area (Å²) >= 11 is 0. The maximum absolute atomic E-state index is 12.8. The first-order chi connectivity index (χ1) is 14.2. The number of ether oxygens (including phenoxy) is 2. The SMILES string of the molecule is CCC(C)C1c2cc(Oc3ccccc3)cnc2NC(=O)[C@H]1NC(=O)OC(C)(C)C. The number of fused-ring (bicyclic) bond motifs is 1. The zero-order valence-electron chi connectivity index (χ0n) is 18.1. The van der Waals surface area contributed by atoms with Crippen molar-refractivity contribution >= 4 is 17.8 Å². The fourth-order valence-corrected chi connectivity index (χ4v) is 3.52. The van der Waals surface area contributed by atoms with Gasteiger partial charge in [0.1, 0.15) is 29.0 Å². The molecule has 3 rings (SSSR count). The molecule has 7 nitrogen and oxygen atoms in total. The number of aromatic nitrogens is 1. The largest absolute Gasteiger partial charge is 0.456 e. The summed E-state index contributed by atoms with van der Waals surface area (Å²) in [4.78, 5) is 29.6. The van der Waals surface area contributed by atoms with Gasteiger partial charge in [0.25, 0.3) is 0 Å². The first kappa shape index (κ1) is 21.6. The van der Waals surface area contributed by atoms with Gasteiger partial charge in [-0.2, -0.15) is 0 Å². The van der Waals surface area contributed by atoms with Crippen molar-refractivity contribution in [2.24, 2.45) is 5.92 Å². The van der Waals surface area contributed by atoms with Crippen LogP contribution in [0.4, 0.5) is 10.6 Å². The second-order valence-electron chi connectivity index (χ2n) is 8.55. The lowest BCUT2D eigenvalue weighted by Gasteiger charge is -2.36. The quantitative estimate of drug-likeness (QED) is 0.734. The van der Waals surface area contributed by atoms with E-state index in [-0.39, 0.29) is 17.7 Å². The molecule has 0 fully saturated rings. The molecule has 1 aromatic heterocycles. The molecule has 0 saturated carbocycles. The van der Waals surface area contributed by atoms with E-state index in [1.807, 2.05) is 36.4 Å². The van der Waals surface area contributed by atoms with Gasteiger partial charge in [-0.1, -0.05) is 38.5 Å². The van der Waals surface area contributed by atoms with E-state index in [0.717, 1.165) is 12.0 Å². The minimum Gasteiger partial charge on any atom is -0.456 e. The first-order valence-corrected chi connectivity index (χ1v) is 10.2. The zero-order valence-corrected chi connectivity index (χ0v) is 18.1. The second-order valence-corrected chi connectivity index (χ2v) is 8.55. The first-order valence-electron chi connectivity index (χ1n) is 10.2. The number of hydrogen-bond donors (Lipinski definition) is 2. The Labute approximate surface area is 177 Å². The van der Waals surface area contributed by atoms with Gasteiger partial charge >= 0.3 is 6.09 Å². The van der Waals surface area contributed by atoms with Crippen molar-refractivity contribution in [3.63, 3.8) is 0 Å². The maximum Gasteiger partial charge on any atom is 0.408 e. The number of hydrogen-bond acceptors (Lipinski definition) is 5. The smallest absolute Gasteiger partial charge is 0.408 e. The van der Waals surface area contributed by atoms with Crippen LogP contribution in [0.3, 0.4) is 0 Å². The summed E-state index contributed by atoms with van der Waals surface area (Å²) in [5.74, 6) is 1.31. The molecular weight excluding hydrogens is 382 g/mol. The van der Waals surface area contributed by atoms with E-state index < -0.39 is 17.7 Å². The van der Waals surface area contributed by atoms with Crippen LogP contribution in [-0.2, 0) is 9.53 Å². The van der Waals surface area contributed by atoms with Gasteiger partial charge in [-0.05, 0) is 44.9 Å². The van der Waals surface area contributed by atoms with Crippen LogP contribution in [0.25, 0.3) is 0 Å². The molecule has 0 bridgehead atoms. The molecule has 0 radical (unpaired) electrons. The predicted octanol–water partition coefficient (Wildman–Crippen LogP) is 4.85. The molecule has 30 heavy (non-hydrogen) atoms. The van der Waals surface area contributed by atoms with Crippen molar-refractivity contribution in [2.75, 3.05) is 5.32 Å². The number of alkyl carbamates (subject to hydrolysis) is 1. The highest BCUT2D eigenvalue weighted by Gasteiger charge is 2.41. The number of carbonyl (C=O) groups is 2. The number of pyridine rings is 1. The molecule has 0 saturated heterocycles. The average molecular weight is 412 g/mol. The normalized spacial score (nSPS) is 19.3.